The zero-order valence-electron chi connectivity index (χ0n) is 15.9. The molecule has 3 rings (SSSR count). The fourth-order valence-electron chi connectivity index (χ4n) is 3.07. The molecule has 0 atom stereocenters. The summed E-state index contributed by atoms with van der Waals surface area (Å²) in [6, 6.07) is 10.6. The Labute approximate surface area is 167 Å². The first kappa shape index (κ1) is 20.3. The number of rotatable bonds is 6. The number of ether oxygens (including phenoxy) is 2. The molecule has 1 saturated heterocycles. The van der Waals surface area contributed by atoms with Gasteiger partial charge in [0.25, 0.3) is 11.6 Å². The molecule has 29 heavy (non-hydrogen) atoms. The molecule has 0 saturated carbocycles. The Morgan fingerprint density at radius 3 is 2.62 bits per heavy atom. The minimum atomic E-state index is -0.632. The van der Waals surface area contributed by atoms with Crippen LogP contribution >= 0.6 is 0 Å². The Morgan fingerprint density at radius 2 is 1.93 bits per heavy atom. The van der Waals surface area contributed by atoms with E-state index in [-0.39, 0.29) is 23.4 Å². The van der Waals surface area contributed by atoms with Gasteiger partial charge >= 0.3 is 5.97 Å². The first-order chi connectivity index (χ1) is 14.0. The maximum Gasteiger partial charge on any atom is 0.338 e. The number of nitrogens with one attached hydrogen (secondary N) is 1. The van der Waals surface area contributed by atoms with E-state index < -0.39 is 16.8 Å². The Kier molecular flexibility index (Phi) is 6.40. The maximum atomic E-state index is 12.8. The first-order valence-corrected chi connectivity index (χ1v) is 9.20. The van der Waals surface area contributed by atoms with Gasteiger partial charge in [0.1, 0.15) is 5.56 Å². The van der Waals surface area contributed by atoms with E-state index in [0.29, 0.717) is 37.7 Å². The molecule has 2 aromatic rings. The van der Waals surface area contributed by atoms with Crippen molar-refractivity contribution < 1.29 is 24.0 Å². The van der Waals surface area contributed by atoms with Crippen LogP contribution in [0.25, 0.3) is 0 Å². The van der Waals surface area contributed by atoms with Crippen molar-refractivity contribution in [1.82, 2.24) is 0 Å². The summed E-state index contributed by atoms with van der Waals surface area (Å²) in [6.45, 7) is 4.24. The van der Waals surface area contributed by atoms with Gasteiger partial charge in [0, 0.05) is 19.2 Å². The molecule has 1 heterocycles. The predicted octanol–water partition coefficient (Wildman–Crippen LogP) is 2.86. The number of benzene rings is 2. The fourth-order valence-corrected chi connectivity index (χ4v) is 3.07. The van der Waals surface area contributed by atoms with Gasteiger partial charge in [0.05, 0.1) is 41.7 Å². The molecule has 0 aromatic heterocycles. The SMILES string of the molecule is CCOC(=O)c1ccc(N2CCOCC2)c(NC(=O)c2ccccc2[N+](=O)[O-])c1. The summed E-state index contributed by atoms with van der Waals surface area (Å²) in [7, 11) is 0. The van der Waals surface area contributed by atoms with Crippen LogP contribution in [0.15, 0.2) is 42.5 Å². The highest BCUT2D eigenvalue weighted by Gasteiger charge is 2.23. The van der Waals surface area contributed by atoms with Crippen LogP contribution in [0.1, 0.15) is 27.6 Å². The molecule has 9 heteroatoms. The van der Waals surface area contributed by atoms with E-state index in [2.05, 4.69) is 5.32 Å². The van der Waals surface area contributed by atoms with Crippen LogP contribution in [0.2, 0.25) is 0 Å². The summed E-state index contributed by atoms with van der Waals surface area (Å²) in [5.41, 5.74) is 1.00. The number of nitro groups is 1. The number of carbonyl (C=O) groups is 2. The zero-order chi connectivity index (χ0) is 20.8. The molecule has 1 aliphatic heterocycles. The highest BCUT2D eigenvalue weighted by atomic mass is 16.6. The van der Waals surface area contributed by atoms with Crippen molar-refractivity contribution >= 4 is 28.9 Å². The lowest BCUT2D eigenvalue weighted by Crippen LogP contribution is -2.36. The summed E-state index contributed by atoms with van der Waals surface area (Å²) in [5.74, 6) is -1.14. The van der Waals surface area contributed by atoms with Crippen molar-refractivity contribution in [3.63, 3.8) is 0 Å². The third kappa shape index (κ3) is 4.69. The topological polar surface area (TPSA) is 111 Å². The van der Waals surface area contributed by atoms with Crippen LogP contribution < -0.4 is 10.2 Å². The quantitative estimate of drug-likeness (QED) is 0.452. The Morgan fingerprint density at radius 1 is 1.21 bits per heavy atom. The highest BCUT2D eigenvalue weighted by molar-refractivity contribution is 6.09. The molecule has 0 spiro atoms. The number of morpholine rings is 1. The monoisotopic (exact) mass is 399 g/mol. The molecule has 1 N–H and O–H groups in total. The van der Waals surface area contributed by atoms with Crippen molar-refractivity contribution in [2.45, 2.75) is 6.92 Å². The van der Waals surface area contributed by atoms with Crippen molar-refractivity contribution in [1.29, 1.82) is 0 Å². The molecule has 152 valence electrons. The number of nitrogens with zero attached hydrogens (tertiary/aromatic N) is 2. The average Bonchev–Trinajstić information content (AvgIpc) is 2.74. The maximum absolute atomic E-state index is 12.8. The van der Waals surface area contributed by atoms with Crippen molar-refractivity contribution in [3.8, 4) is 0 Å². The van der Waals surface area contributed by atoms with Gasteiger partial charge < -0.3 is 19.7 Å². The van der Waals surface area contributed by atoms with Crippen molar-refractivity contribution in [3.05, 3.63) is 63.7 Å². The van der Waals surface area contributed by atoms with Crippen molar-refractivity contribution in [2.75, 3.05) is 43.1 Å². The molecule has 0 radical (unpaired) electrons. The Bertz CT molecular complexity index is 924. The lowest BCUT2D eigenvalue weighted by Gasteiger charge is -2.30. The predicted molar refractivity (Wildman–Crippen MR) is 106 cm³/mol. The lowest BCUT2D eigenvalue weighted by atomic mass is 10.1. The van der Waals surface area contributed by atoms with Crippen LogP contribution in [0, 0.1) is 10.1 Å². The second-order valence-electron chi connectivity index (χ2n) is 6.28. The van der Waals surface area contributed by atoms with Crippen molar-refractivity contribution in [2.24, 2.45) is 0 Å². The molecule has 0 bridgehead atoms. The standard InChI is InChI=1S/C20H21N3O6/c1-2-29-20(25)14-7-8-18(22-9-11-28-12-10-22)16(13-14)21-19(24)15-5-3-4-6-17(15)23(26)27/h3-8,13H,2,9-12H2,1H3,(H,21,24). The first-order valence-electron chi connectivity index (χ1n) is 9.20. The lowest BCUT2D eigenvalue weighted by molar-refractivity contribution is -0.385. The summed E-state index contributed by atoms with van der Waals surface area (Å²) < 4.78 is 10.4. The molecule has 0 unspecified atom stereocenters. The molecule has 0 aliphatic carbocycles. The number of nitro benzene ring substituents is 1. The van der Waals surface area contributed by atoms with Crippen LogP contribution in [-0.2, 0) is 9.47 Å². The Hall–Kier alpha value is -3.46. The van der Waals surface area contributed by atoms with E-state index in [4.69, 9.17) is 9.47 Å². The molecule has 2 aromatic carbocycles. The van der Waals surface area contributed by atoms with Crippen LogP contribution in [0.4, 0.5) is 17.1 Å². The van der Waals surface area contributed by atoms with E-state index in [1.807, 2.05) is 4.90 Å². The second kappa shape index (κ2) is 9.16. The average molecular weight is 399 g/mol. The van der Waals surface area contributed by atoms with Gasteiger partial charge in [-0.05, 0) is 31.2 Å². The Balaban J connectivity index is 1.96. The van der Waals surface area contributed by atoms with Crippen LogP contribution in [-0.4, -0.2) is 49.7 Å². The number of amides is 1. The molecular weight excluding hydrogens is 378 g/mol. The van der Waals surface area contributed by atoms with Gasteiger partial charge in [-0.2, -0.15) is 0 Å². The number of hydrogen-bond acceptors (Lipinski definition) is 7. The molecule has 9 nitrogen and oxygen atoms in total. The highest BCUT2D eigenvalue weighted by Crippen LogP contribution is 2.30. The smallest absolute Gasteiger partial charge is 0.338 e. The molecule has 1 amide bonds. The molecule has 1 fully saturated rings. The van der Waals surface area contributed by atoms with Gasteiger partial charge in [-0.1, -0.05) is 12.1 Å². The van der Waals surface area contributed by atoms with Gasteiger partial charge in [-0.25, -0.2) is 4.79 Å². The third-order valence-electron chi connectivity index (χ3n) is 4.45. The normalized spacial score (nSPS) is 13.6. The number of esters is 1. The summed E-state index contributed by atoms with van der Waals surface area (Å²) in [5, 5.41) is 14.0. The van der Waals surface area contributed by atoms with E-state index in [9.17, 15) is 19.7 Å². The number of carbonyl (C=O) groups excluding carboxylic acids is 2. The van der Waals surface area contributed by atoms with E-state index >= 15 is 0 Å². The summed E-state index contributed by atoms with van der Waals surface area (Å²) >= 11 is 0. The van der Waals surface area contributed by atoms with Gasteiger partial charge in [0.15, 0.2) is 0 Å². The van der Waals surface area contributed by atoms with Gasteiger partial charge in [-0.15, -0.1) is 0 Å². The minimum absolute atomic E-state index is 0.0630. The van der Waals surface area contributed by atoms with E-state index in [0.717, 1.165) is 0 Å². The second-order valence-corrected chi connectivity index (χ2v) is 6.28. The molecular formula is C20H21N3O6. The molecule has 1 aliphatic rings. The van der Waals surface area contributed by atoms with Gasteiger partial charge in [-0.3, -0.25) is 14.9 Å². The fraction of sp³-hybridized carbons (Fsp3) is 0.300. The number of para-hydroxylation sites is 1. The number of anilines is 2. The summed E-state index contributed by atoms with van der Waals surface area (Å²) in [4.78, 5) is 37.6. The minimum Gasteiger partial charge on any atom is -0.462 e. The number of hydrogen-bond donors (Lipinski definition) is 1. The van der Waals surface area contributed by atoms with Crippen LogP contribution in [0.5, 0.6) is 0 Å². The third-order valence-corrected chi connectivity index (χ3v) is 4.45. The van der Waals surface area contributed by atoms with E-state index in [1.54, 1.807) is 25.1 Å². The van der Waals surface area contributed by atoms with Gasteiger partial charge in [0.2, 0.25) is 0 Å². The largest absolute Gasteiger partial charge is 0.462 e. The van der Waals surface area contributed by atoms with E-state index in [1.165, 1.54) is 24.3 Å². The van der Waals surface area contributed by atoms with Crippen LogP contribution in [0.3, 0.4) is 0 Å². The summed E-state index contributed by atoms with van der Waals surface area (Å²) in [6.07, 6.45) is 0. The zero-order valence-corrected chi connectivity index (χ0v) is 15.9.